The molecular formula is C32H23BrN2O2S2. The molecule has 0 saturated carbocycles. The van der Waals surface area contributed by atoms with E-state index in [9.17, 15) is 4.79 Å². The Kier molecular flexibility index (Phi) is 6.43. The van der Waals surface area contributed by atoms with E-state index in [2.05, 4.69) is 57.7 Å². The predicted octanol–water partition coefficient (Wildman–Crippen LogP) is 6.72. The van der Waals surface area contributed by atoms with Crippen molar-refractivity contribution in [1.29, 1.82) is 0 Å². The molecular weight excluding hydrogens is 588 g/mol. The third-order valence-electron chi connectivity index (χ3n) is 7.16. The van der Waals surface area contributed by atoms with Gasteiger partial charge in [-0.1, -0.05) is 81.9 Å². The molecule has 39 heavy (non-hydrogen) atoms. The number of ether oxygens (including phenoxy) is 1. The van der Waals surface area contributed by atoms with Gasteiger partial charge in [0.15, 0.2) is 4.80 Å². The SMILES string of the molecule is O=c1/c(=C\c2cccc(OCc3ccc(Br)cc3)c2)sc2n1[C@@H](c1cccs1)C1=C(N=2)c2ccccc2CC1. The molecule has 5 aromatic rings. The summed E-state index contributed by atoms with van der Waals surface area (Å²) >= 11 is 6.63. The minimum absolute atomic E-state index is 0.00347. The largest absolute Gasteiger partial charge is 0.489 e. The molecule has 0 amide bonds. The third kappa shape index (κ3) is 4.65. The van der Waals surface area contributed by atoms with E-state index in [0.29, 0.717) is 11.1 Å². The van der Waals surface area contributed by atoms with Crippen molar-refractivity contribution in [2.75, 3.05) is 0 Å². The number of allylic oxidation sites excluding steroid dienone is 1. The number of fused-ring (bicyclic) bond motifs is 3. The van der Waals surface area contributed by atoms with E-state index in [1.807, 2.05) is 59.2 Å². The average molecular weight is 612 g/mol. The number of aromatic nitrogens is 1. The van der Waals surface area contributed by atoms with Gasteiger partial charge in [0.1, 0.15) is 12.4 Å². The van der Waals surface area contributed by atoms with E-state index in [-0.39, 0.29) is 11.6 Å². The summed E-state index contributed by atoms with van der Waals surface area (Å²) in [6.07, 6.45) is 3.82. The Balaban J connectivity index is 1.29. The molecule has 2 aromatic heterocycles. The fourth-order valence-electron chi connectivity index (χ4n) is 5.31. The van der Waals surface area contributed by atoms with Gasteiger partial charge in [-0.3, -0.25) is 9.36 Å². The third-order valence-corrected chi connectivity index (χ3v) is 9.60. The zero-order chi connectivity index (χ0) is 26.3. The Bertz CT molecular complexity index is 1900. The van der Waals surface area contributed by atoms with E-state index >= 15 is 0 Å². The Morgan fingerprint density at radius 2 is 1.87 bits per heavy atom. The number of benzene rings is 3. The summed E-state index contributed by atoms with van der Waals surface area (Å²) in [6.45, 7) is 0.479. The molecule has 2 aliphatic rings. The molecule has 0 radical (unpaired) electrons. The molecule has 3 aromatic carbocycles. The standard InChI is InChI=1S/C32H23BrN2O2S2/c33-23-13-10-20(11-14-23)19-37-24-7-3-5-21(17-24)18-28-31(36)35-30(27-9-4-16-38-27)26-15-12-22-6-1-2-8-25(22)29(26)34-32(35)39-28/h1-11,13-14,16-18,30H,12,15,19H2/b28-18+/t30-/m1/s1. The summed E-state index contributed by atoms with van der Waals surface area (Å²) in [6, 6.07) is 28.6. The van der Waals surface area contributed by atoms with Crippen molar-refractivity contribution >= 4 is 50.4 Å². The van der Waals surface area contributed by atoms with Gasteiger partial charge in [0.25, 0.3) is 5.56 Å². The zero-order valence-corrected chi connectivity index (χ0v) is 24.1. The Morgan fingerprint density at radius 1 is 1.00 bits per heavy atom. The average Bonchev–Trinajstić information content (AvgIpc) is 3.60. The van der Waals surface area contributed by atoms with Crippen LogP contribution < -0.4 is 19.6 Å². The normalized spacial score (nSPS) is 16.3. The number of thiazole rings is 1. The van der Waals surface area contributed by atoms with Gasteiger partial charge in [-0.05, 0) is 76.9 Å². The van der Waals surface area contributed by atoms with Gasteiger partial charge in [-0.25, -0.2) is 4.99 Å². The van der Waals surface area contributed by atoms with Crippen LogP contribution in [0.4, 0.5) is 0 Å². The van der Waals surface area contributed by atoms with Crippen LogP contribution >= 0.6 is 38.6 Å². The highest BCUT2D eigenvalue weighted by atomic mass is 79.9. The van der Waals surface area contributed by atoms with Crippen LogP contribution in [0, 0.1) is 0 Å². The molecule has 3 heterocycles. The van der Waals surface area contributed by atoms with Crippen LogP contribution in [0.1, 0.15) is 39.6 Å². The summed E-state index contributed by atoms with van der Waals surface area (Å²) in [7, 11) is 0. The van der Waals surface area contributed by atoms with Gasteiger partial charge in [-0.15, -0.1) is 11.3 Å². The maximum absolute atomic E-state index is 13.9. The first-order valence-corrected chi connectivity index (χ1v) is 15.3. The fourth-order valence-corrected chi connectivity index (χ4v) is 7.42. The lowest BCUT2D eigenvalue weighted by atomic mass is 9.85. The van der Waals surface area contributed by atoms with Crippen molar-refractivity contribution in [3.8, 4) is 5.75 Å². The molecule has 0 fully saturated rings. The van der Waals surface area contributed by atoms with Crippen LogP contribution in [0.2, 0.25) is 0 Å². The maximum Gasteiger partial charge on any atom is 0.271 e. The van der Waals surface area contributed by atoms with Gasteiger partial charge in [0.2, 0.25) is 0 Å². The zero-order valence-electron chi connectivity index (χ0n) is 20.8. The minimum Gasteiger partial charge on any atom is -0.489 e. The van der Waals surface area contributed by atoms with Gasteiger partial charge in [-0.2, -0.15) is 0 Å². The van der Waals surface area contributed by atoms with Gasteiger partial charge in [0, 0.05) is 14.9 Å². The second-order valence-corrected chi connectivity index (χ2v) is 12.5. The summed E-state index contributed by atoms with van der Waals surface area (Å²) in [4.78, 5) is 20.9. The predicted molar refractivity (Wildman–Crippen MR) is 162 cm³/mol. The summed E-state index contributed by atoms with van der Waals surface area (Å²) in [5.41, 5.74) is 6.80. The highest BCUT2D eigenvalue weighted by Gasteiger charge is 2.32. The number of nitrogens with zero attached hydrogens (tertiary/aromatic N) is 2. The molecule has 0 N–H and O–H groups in total. The fraction of sp³-hybridized carbons (Fsp3) is 0.125. The second-order valence-electron chi connectivity index (χ2n) is 9.62. The summed E-state index contributed by atoms with van der Waals surface area (Å²) in [5, 5.41) is 2.09. The minimum atomic E-state index is -0.118. The molecule has 7 rings (SSSR count). The van der Waals surface area contributed by atoms with Gasteiger partial charge >= 0.3 is 0 Å². The highest BCUT2D eigenvalue weighted by molar-refractivity contribution is 9.10. The molecule has 0 spiro atoms. The quantitative estimate of drug-likeness (QED) is 0.222. The van der Waals surface area contributed by atoms with Crippen LogP contribution in [0.25, 0.3) is 11.8 Å². The Hall–Kier alpha value is -3.52. The van der Waals surface area contributed by atoms with Crippen molar-refractivity contribution in [3.63, 3.8) is 0 Å². The van der Waals surface area contributed by atoms with Crippen LogP contribution in [-0.2, 0) is 13.0 Å². The lowest BCUT2D eigenvalue weighted by molar-refractivity contribution is 0.306. The van der Waals surface area contributed by atoms with Crippen LogP contribution in [0.5, 0.6) is 5.75 Å². The second kappa shape index (κ2) is 10.2. The lowest BCUT2D eigenvalue weighted by Crippen LogP contribution is -2.38. The van der Waals surface area contributed by atoms with Crippen LogP contribution in [0.15, 0.2) is 110 Å². The van der Waals surface area contributed by atoms with Crippen LogP contribution in [-0.4, -0.2) is 4.57 Å². The van der Waals surface area contributed by atoms with E-state index in [1.165, 1.54) is 32.9 Å². The Labute approximate surface area is 242 Å². The number of rotatable bonds is 5. The molecule has 0 saturated heterocycles. The van der Waals surface area contributed by atoms with Crippen molar-refractivity contribution in [2.45, 2.75) is 25.5 Å². The van der Waals surface area contributed by atoms with Gasteiger partial charge < -0.3 is 4.74 Å². The first-order chi connectivity index (χ1) is 19.1. The first-order valence-electron chi connectivity index (χ1n) is 12.8. The number of aryl methyl sites for hydroxylation is 1. The summed E-state index contributed by atoms with van der Waals surface area (Å²) in [5.74, 6) is 0.767. The van der Waals surface area contributed by atoms with Crippen molar-refractivity contribution in [2.24, 2.45) is 4.99 Å². The van der Waals surface area contributed by atoms with E-state index in [0.717, 1.165) is 44.7 Å². The molecule has 1 aliphatic heterocycles. The molecule has 4 nitrogen and oxygen atoms in total. The van der Waals surface area contributed by atoms with Crippen molar-refractivity contribution < 1.29 is 4.74 Å². The topological polar surface area (TPSA) is 43.6 Å². The molecule has 7 heteroatoms. The molecule has 1 aliphatic carbocycles. The molecule has 0 unspecified atom stereocenters. The van der Waals surface area contributed by atoms with Crippen molar-refractivity contribution in [3.05, 3.63) is 147 Å². The monoisotopic (exact) mass is 610 g/mol. The Morgan fingerprint density at radius 3 is 2.72 bits per heavy atom. The number of hydrogen-bond acceptors (Lipinski definition) is 5. The number of halogens is 1. The van der Waals surface area contributed by atoms with E-state index in [1.54, 1.807) is 11.3 Å². The van der Waals surface area contributed by atoms with Crippen LogP contribution in [0.3, 0.4) is 0 Å². The first kappa shape index (κ1) is 24.5. The van der Waals surface area contributed by atoms with E-state index < -0.39 is 0 Å². The van der Waals surface area contributed by atoms with E-state index in [4.69, 9.17) is 9.73 Å². The van der Waals surface area contributed by atoms with Crippen molar-refractivity contribution in [1.82, 2.24) is 4.57 Å². The molecule has 1 atom stereocenters. The number of thiophene rings is 1. The molecule has 192 valence electrons. The lowest BCUT2D eigenvalue weighted by Gasteiger charge is -2.30. The highest BCUT2D eigenvalue weighted by Crippen LogP contribution is 2.42. The number of hydrogen-bond donors (Lipinski definition) is 0. The van der Waals surface area contributed by atoms with Gasteiger partial charge in [0.05, 0.1) is 16.3 Å². The smallest absolute Gasteiger partial charge is 0.271 e. The summed E-state index contributed by atoms with van der Waals surface area (Å²) < 4.78 is 9.67. The molecule has 0 bridgehead atoms. The maximum atomic E-state index is 13.9.